The molecule has 6 nitrogen and oxygen atoms in total. The lowest BCUT2D eigenvalue weighted by Crippen LogP contribution is -2.36. The number of aromatic amines is 1. The Morgan fingerprint density at radius 1 is 1.11 bits per heavy atom. The zero-order valence-electron chi connectivity index (χ0n) is 14.5. The molecule has 0 saturated heterocycles. The summed E-state index contributed by atoms with van der Waals surface area (Å²) >= 11 is 17.9. The van der Waals surface area contributed by atoms with E-state index < -0.39 is 0 Å². The highest BCUT2D eigenvalue weighted by Gasteiger charge is 2.14. The predicted molar refractivity (Wildman–Crippen MR) is 111 cm³/mol. The van der Waals surface area contributed by atoms with Gasteiger partial charge in [0.05, 0.1) is 15.6 Å². The van der Waals surface area contributed by atoms with Crippen LogP contribution < -0.4 is 10.6 Å². The lowest BCUT2D eigenvalue weighted by Gasteiger charge is -2.12. The molecule has 0 fully saturated rings. The third kappa shape index (κ3) is 4.71. The van der Waals surface area contributed by atoms with Crippen molar-refractivity contribution in [3.8, 4) is 0 Å². The number of carbonyl (C=O) groups is 1. The van der Waals surface area contributed by atoms with Gasteiger partial charge in [0.2, 0.25) is 5.96 Å². The van der Waals surface area contributed by atoms with Crippen LogP contribution in [0.15, 0.2) is 41.4 Å². The molecule has 3 aromatic rings. The van der Waals surface area contributed by atoms with Crippen LogP contribution in [-0.4, -0.2) is 28.1 Å². The van der Waals surface area contributed by atoms with E-state index >= 15 is 0 Å². The molecule has 1 amide bonds. The highest BCUT2D eigenvalue weighted by molar-refractivity contribution is 6.42. The number of halogens is 3. The van der Waals surface area contributed by atoms with Gasteiger partial charge in [-0.25, -0.2) is 4.99 Å². The fraction of sp³-hybridized carbons (Fsp3) is 0.167. The number of nitrogens with one attached hydrogen (secondary N) is 3. The molecule has 3 rings (SSSR count). The largest absolute Gasteiger partial charge is 0.309 e. The fourth-order valence-corrected chi connectivity index (χ4v) is 2.84. The molecule has 140 valence electrons. The van der Waals surface area contributed by atoms with Gasteiger partial charge < -0.3 is 5.32 Å². The van der Waals surface area contributed by atoms with Crippen molar-refractivity contribution in [1.82, 2.24) is 15.5 Å². The quantitative estimate of drug-likeness (QED) is 0.403. The summed E-state index contributed by atoms with van der Waals surface area (Å²) in [4.78, 5) is 17.0. The molecule has 27 heavy (non-hydrogen) atoms. The lowest BCUT2D eigenvalue weighted by atomic mass is 10.2. The summed E-state index contributed by atoms with van der Waals surface area (Å²) in [6.45, 7) is 3.80. The fourth-order valence-electron chi connectivity index (χ4n) is 2.37. The number of hydrogen-bond acceptors (Lipinski definition) is 3. The molecule has 3 N–H and O–H groups in total. The molecular weight excluding hydrogens is 409 g/mol. The molecule has 0 saturated carbocycles. The highest BCUT2D eigenvalue weighted by atomic mass is 35.5. The van der Waals surface area contributed by atoms with Gasteiger partial charge in [-0.2, -0.15) is 5.10 Å². The topological polar surface area (TPSA) is 82.2 Å². The Morgan fingerprint density at radius 2 is 1.89 bits per heavy atom. The number of guanidine groups is 1. The predicted octanol–water partition coefficient (Wildman–Crippen LogP) is 5.13. The summed E-state index contributed by atoms with van der Waals surface area (Å²) in [5.41, 5.74) is 1.13. The van der Waals surface area contributed by atoms with Crippen LogP contribution in [0.3, 0.4) is 0 Å². The highest BCUT2D eigenvalue weighted by Crippen LogP contribution is 2.24. The van der Waals surface area contributed by atoms with Crippen LogP contribution in [-0.2, 0) is 0 Å². The molecule has 0 aliphatic carbocycles. The van der Waals surface area contributed by atoms with Gasteiger partial charge in [0.25, 0.3) is 5.91 Å². The van der Waals surface area contributed by atoms with Crippen LogP contribution in [0.1, 0.15) is 24.2 Å². The Balaban J connectivity index is 1.85. The van der Waals surface area contributed by atoms with Crippen molar-refractivity contribution >= 4 is 63.4 Å². The average Bonchev–Trinajstić information content (AvgIpc) is 2.98. The molecule has 1 heterocycles. The summed E-state index contributed by atoms with van der Waals surface area (Å²) in [5, 5.41) is 15.0. The minimum Gasteiger partial charge on any atom is -0.309 e. The minimum atomic E-state index is -0.372. The number of aliphatic imine (C=N–C) groups is 1. The second kappa shape index (κ2) is 8.17. The van der Waals surface area contributed by atoms with Crippen LogP contribution in [0.2, 0.25) is 15.1 Å². The van der Waals surface area contributed by atoms with Crippen molar-refractivity contribution in [2.24, 2.45) is 4.99 Å². The van der Waals surface area contributed by atoms with E-state index in [1.807, 2.05) is 19.9 Å². The summed E-state index contributed by atoms with van der Waals surface area (Å²) in [6, 6.07) is 9.95. The first-order valence-corrected chi connectivity index (χ1v) is 9.21. The first-order valence-electron chi connectivity index (χ1n) is 8.08. The molecule has 0 unspecified atom stereocenters. The van der Waals surface area contributed by atoms with E-state index in [9.17, 15) is 4.79 Å². The van der Waals surface area contributed by atoms with Gasteiger partial charge in [0, 0.05) is 22.0 Å². The molecule has 1 aromatic heterocycles. The zero-order valence-corrected chi connectivity index (χ0v) is 16.7. The first kappa shape index (κ1) is 19.5. The number of carbonyl (C=O) groups excluding carboxylic acids is 1. The Labute approximate surface area is 170 Å². The Kier molecular flexibility index (Phi) is 5.89. The first-order chi connectivity index (χ1) is 12.8. The van der Waals surface area contributed by atoms with Crippen LogP contribution in [0.25, 0.3) is 10.9 Å². The monoisotopic (exact) mass is 423 g/mol. The maximum absolute atomic E-state index is 12.6. The Morgan fingerprint density at radius 3 is 2.59 bits per heavy atom. The number of nitrogens with zero attached hydrogens (tertiary/aromatic N) is 2. The number of hydrogen-bond donors (Lipinski definition) is 3. The number of benzene rings is 2. The maximum atomic E-state index is 12.6. The Bertz CT molecular complexity index is 1030. The number of fused-ring (bicyclic) bond motifs is 1. The van der Waals surface area contributed by atoms with Gasteiger partial charge in [-0.05, 0) is 50.2 Å². The van der Waals surface area contributed by atoms with Gasteiger partial charge in [0.15, 0.2) is 5.82 Å². The summed E-state index contributed by atoms with van der Waals surface area (Å²) in [5.74, 6) is 0.420. The van der Waals surface area contributed by atoms with Gasteiger partial charge in [-0.3, -0.25) is 15.2 Å². The molecule has 2 aromatic carbocycles. The van der Waals surface area contributed by atoms with Gasteiger partial charge in [0.1, 0.15) is 0 Å². The van der Waals surface area contributed by atoms with Crippen molar-refractivity contribution in [3.05, 3.63) is 57.0 Å². The number of anilines is 1. The van der Waals surface area contributed by atoms with E-state index in [1.165, 1.54) is 6.07 Å². The normalized spacial score (nSPS) is 11.9. The minimum absolute atomic E-state index is 0.0544. The Hall–Kier alpha value is -2.28. The maximum Gasteiger partial charge on any atom is 0.258 e. The van der Waals surface area contributed by atoms with E-state index in [0.29, 0.717) is 26.4 Å². The smallest absolute Gasteiger partial charge is 0.258 e. The van der Waals surface area contributed by atoms with Gasteiger partial charge in [-0.15, -0.1) is 0 Å². The molecule has 0 aliphatic heterocycles. The lowest BCUT2D eigenvalue weighted by molar-refractivity contribution is 0.0977. The number of aromatic nitrogens is 2. The third-order valence-corrected chi connectivity index (χ3v) is 4.54. The van der Waals surface area contributed by atoms with Crippen molar-refractivity contribution in [3.63, 3.8) is 0 Å². The van der Waals surface area contributed by atoms with E-state index in [0.717, 1.165) is 10.9 Å². The van der Waals surface area contributed by atoms with Crippen LogP contribution in [0.5, 0.6) is 0 Å². The van der Waals surface area contributed by atoms with E-state index in [4.69, 9.17) is 34.8 Å². The molecule has 9 heteroatoms. The molecule has 0 radical (unpaired) electrons. The standard InChI is InChI=1S/C18H16Cl3N5O/c1-9(2)22-18(24-17(27)10-3-6-13(20)14(21)7-10)23-16-12-5-4-11(19)8-15(12)25-26-16/h3-9H,1-2H3,(H3,22,23,24,25,26,27). The van der Waals surface area contributed by atoms with Crippen molar-refractivity contribution in [1.29, 1.82) is 0 Å². The molecule has 0 atom stereocenters. The van der Waals surface area contributed by atoms with E-state index in [-0.39, 0.29) is 17.9 Å². The number of H-pyrrole nitrogens is 1. The molecule has 0 aliphatic rings. The number of rotatable bonds is 3. The molecule has 0 spiro atoms. The number of amides is 1. The van der Waals surface area contributed by atoms with Crippen LogP contribution in [0.4, 0.5) is 5.82 Å². The van der Waals surface area contributed by atoms with E-state index in [2.05, 4.69) is 25.8 Å². The third-order valence-electron chi connectivity index (χ3n) is 3.56. The van der Waals surface area contributed by atoms with Crippen LogP contribution in [0, 0.1) is 0 Å². The second-order valence-corrected chi connectivity index (χ2v) is 7.29. The summed E-state index contributed by atoms with van der Waals surface area (Å²) < 4.78 is 0. The summed E-state index contributed by atoms with van der Waals surface area (Å²) in [6.07, 6.45) is 0. The average molecular weight is 425 g/mol. The van der Waals surface area contributed by atoms with Gasteiger partial charge >= 0.3 is 0 Å². The SMILES string of the molecule is CC(C)N=C(NC(=O)c1ccc(Cl)c(Cl)c1)Nc1n[nH]c2cc(Cl)ccc12. The van der Waals surface area contributed by atoms with Gasteiger partial charge in [-0.1, -0.05) is 34.8 Å². The van der Waals surface area contributed by atoms with Crippen molar-refractivity contribution in [2.75, 3.05) is 5.32 Å². The van der Waals surface area contributed by atoms with Crippen molar-refractivity contribution in [2.45, 2.75) is 19.9 Å². The van der Waals surface area contributed by atoms with E-state index in [1.54, 1.807) is 24.3 Å². The summed E-state index contributed by atoms with van der Waals surface area (Å²) in [7, 11) is 0. The van der Waals surface area contributed by atoms with Crippen LogP contribution >= 0.6 is 34.8 Å². The van der Waals surface area contributed by atoms with Crippen molar-refractivity contribution < 1.29 is 4.79 Å². The second-order valence-electron chi connectivity index (χ2n) is 6.04. The molecular formula is C18H16Cl3N5O. The zero-order chi connectivity index (χ0) is 19.6. The molecule has 0 bridgehead atoms.